The van der Waals surface area contributed by atoms with E-state index in [1.807, 2.05) is 49.4 Å². The molecule has 7 rings (SSSR count). The SMILES string of the molecule is C[C@H](Nc1ncnc2[nH]ccc(=O)c12)c1c(Cl)c2cccc(N3CC4CCCC4C3)c2c(=O)n1-c1ccccc1. The fourth-order valence-electron chi connectivity index (χ4n) is 6.71. The molecule has 0 bridgehead atoms. The number of rotatable bonds is 5. The molecule has 0 spiro atoms. The summed E-state index contributed by atoms with van der Waals surface area (Å²) >= 11 is 7.23. The van der Waals surface area contributed by atoms with Crippen LogP contribution in [0.4, 0.5) is 11.5 Å². The van der Waals surface area contributed by atoms with Gasteiger partial charge in [0.25, 0.3) is 5.56 Å². The molecule has 0 amide bonds. The topological polar surface area (TPSA) is 95.9 Å². The maximum atomic E-state index is 14.5. The molecular formula is C31H29ClN6O2. The number of anilines is 2. The fourth-order valence-corrected chi connectivity index (χ4v) is 7.11. The van der Waals surface area contributed by atoms with E-state index in [1.165, 1.54) is 31.7 Å². The molecule has 1 saturated heterocycles. The van der Waals surface area contributed by atoms with E-state index in [4.69, 9.17) is 11.6 Å². The van der Waals surface area contributed by atoms with Crippen LogP contribution in [0.25, 0.3) is 27.5 Å². The van der Waals surface area contributed by atoms with Gasteiger partial charge in [-0.05, 0) is 49.8 Å². The highest BCUT2D eigenvalue weighted by molar-refractivity contribution is 6.36. The normalized spacial score (nSPS) is 19.3. The Morgan fingerprint density at radius 2 is 1.75 bits per heavy atom. The van der Waals surface area contributed by atoms with Crippen molar-refractivity contribution in [2.75, 3.05) is 23.3 Å². The van der Waals surface area contributed by atoms with Crippen molar-refractivity contribution in [3.63, 3.8) is 0 Å². The monoisotopic (exact) mass is 552 g/mol. The molecule has 0 radical (unpaired) electrons. The Labute approximate surface area is 235 Å². The number of aromatic amines is 1. The minimum absolute atomic E-state index is 0.118. The lowest BCUT2D eigenvalue weighted by molar-refractivity contribution is 0.494. The van der Waals surface area contributed by atoms with Gasteiger partial charge in [-0.25, -0.2) is 9.97 Å². The smallest absolute Gasteiger partial charge is 0.265 e. The Bertz CT molecular complexity index is 1850. The maximum absolute atomic E-state index is 14.5. The molecule has 2 N–H and O–H groups in total. The minimum atomic E-state index is -0.475. The third kappa shape index (κ3) is 3.97. The predicted octanol–water partition coefficient (Wildman–Crippen LogP) is 5.69. The lowest BCUT2D eigenvalue weighted by Crippen LogP contribution is -2.29. The summed E-state index contributed by atoms with van der Waals surface area (Å²) in [6, 6.07) is 16.5. The first-order valence-electron chi connectivity index (χ1n) is 13.8. The zero-order valence-electron chi connectivity index (χ0n) is 22.1. The molecule has 2 unspecified atom stereocenters. The summed E-state index contributed by atoms with van der Waals surface area (Å²) in [6.07, 6.45) is 6.78. The number of hydrogen-bond acceptors (Lipinski definition) is 6. The third-order valence-electron chi connectivity index (χ3n) is 8.55. The zero-order chi connectivity index (χ0) is 27.4. The van der Waals surface area contributed by atoms with Crippen molar-refractivity contribution in [1.82, 2.24) is 19.5 Å². The van der Waals surface area contributed by atoms with Crippen LogP contribution < -0.4 is 21.2 Å². The number of nitrogens with one attached hydrogen (secondary N) is 2. The molecule has 2 aromatic carbocycles. The Balaban J connectivity index is 1.42. The Morgan fingerprint density at radius 3 is 2.52 bits per heavy atom. The molecule has 1 aliphatic carbocycles. The molecule has 1 aliphatic heterocycles. The van der Waals surface area contributed by atoms with Crippen molar-refractivity contribution >= 4 is 44.9 Å². The first-order chi connectivity index (χ1) is 19.5. The van der Waals surface area contributed by atoms with Crippen molar-refractivity contribution in [2.24, 2.45) is 11.8 Å². The molecule has 3 aromatic heterocycles. The van der Waals surface area contributed by atoms with E-state index in [2.05, 4.69) is 31.2 Å². The second-order valence-corrected chi connectivity index (χ2v) is 11.3. The number of nitrogens with zero attached hydrogens (tertiary/aromatic N) is 4. The standard InChI is InChI=1S/C31H29ClN6O2/c1-18(36-30-26-24(39)13-14-33-29(26)34-17-35-30)28-27(32)22-11-6-12-23(37-15-19-7-5-8-20(19)16-37)25(22)31(40)38(28)21-9-3-2-4-10-21/h2-4,6,9-14,17-20H,5,7-8,15-16H2,1H3,(H2,33,34,35,36,39)/t18-,19?,20?/m0/s1. The summed E-state index contributed by atoms with van der Waals surface area (Å²) in [7, 11) is 0. The number of para-hydroxylation sites is 1. The number of halogens is 1. The van der Waals surface area contributed by atoms with Gasteiger partial charge in [0.05, 0.1) is 27.8 Å². The van der Waals surface area contributed by atoms with Crippen LogP contribution in [0, 0.1) is 11.8 Å². The lowest BCUT2D eigenvalue weighted by atomic mass is 10.0. The van der Waals surface area contributed by atoms with Crippen LogP contribution >= 0.6 is 11.6 Å². The van der Waals surface area contributed by atoms with Crippen molar-refractivity contribution in [2.45, 2.75) is 32.2 Å². The van der Waals surface area contributed by atoms with Crippen LogP contribution in [0.1, 0.15) is 37.9 Å². The van der Waals surface area contributed by atoms with Crippen LogP contribution in [-0.2, 0) is 0 Å². The number of aromatic nitrogens is 4. The average Bonchev–Trinajstić information content (AvgIpc) is 3.58. The van der Waals surface area contributed by atoms with Gasteiger partial charge in [-0.15, -0.1) is 0 Å². The van der Waals surface area contributed by atoms with E-state index in [0.29, 0.717) is 44.8 Å². The van der Waals surface area contributed by atoms with Gasteiger partial charge in [0.1, 0.15) is 23.2 Å². The number of fused-ring (bicyclic) bond motifs is 3. The van der Waals surface area contributed by atoms with E-state index in [0.717, 1.165) is 29.9 Å². The summed E-state index contributed by atoms with van der Waals surface area (Å²) in [5, 5.41) is 5.56. The highest BCUT2D eigenvalue weighted by Gasteiger charge is 2.37. The summed E-state index contributed by atoms with van der Waals surface area (Å²) in [4.78, 5) is 41.2. The van der Waals surface area contributed by atoms with Crippen LogP contribution in [0.2, 0.25) is 5.02 Å². The summed E-state index contributed by atoms with van der Waals surface area (Å²) in [5.74, 6) is 1.76. The molecular weight excluding hydrogens is 524 g/mol. The van der Waals surface area contributed by atoms with Crippen LogP contribution in [-0.4, -0.2) is 32.6 Å². The van der Waals surface area contributed by atoms with E-state index in [9.17, 15) is 9.59 Å². The second kappa shape index (κ2) is 9.78. The van der Waals surface area contributed by atoms with Crippen LogP contribution in [0.5, 0.6) is 0 Å². The summed E-state index contributed by atoms with van der Waals surface area (Å²) < 4.78 is 1.70. The molecule has 4 heterocycles. The highest BCUT2D eigenvalue weighted by Crippen LogP contribution is 2.42. The van der Waals surface area contributed by atoms with Gasteiger partial charge >= 0.3 is 0 Å². The number of H-pyrrole nitrogens is 1. The molecule has 8 nitrogen and oxygen atoms in total. The molecule has 202 valence electrons. The van der Waals surface area contributed by atoms with Crippen LogP contribution in [0.3, 0.4) is 0 Å². The maximum Gasteiger partial charge on any atom is 0.265 e. The first-order valence-corrected chi connectivity index (χ1v) is 14.2. The van der Waals surface area contributed by atoms with Gasteiger partial charge < -0.3 is 15.2 Å². The van der Waals surface area contributed by atoms with Gasteiger partial charge in [0.2, 0.25) is 0 Å². The Kier molecular flexibility index (Phi) is 6.08. The predicted molar refractivity (Wildman–Crippen MR) is 160 cm³/mol. The molecule has 40 heavy (non-hydrogen) atoms. The highest BCUT2D eigenvalue weighted by atomic mass is 35.5. The molecule has 5 aromatic rings. The van der Waals surface area contributed by atoms with Crippen LogP contribution in [0.15, 0.2) is 76.7 Å². The van der Waals surface area contributed by atoms with Crippen molar-refractivity contribution < 1.29 is 0 Å². The van der Waals surface area contributed by atoms with Gasteiger partial charge in [-0.3, -0.25) is 14.2 Å². The van der Waals surface area contributed by atoms with Gasteiger partial charge in [-0.2, -0.15) is 0 Å². The summed E-state index contributed by atoms with van der Waals surface area (Å²) in [6.45, 7) is 3.87. The van der Waals surface area contributed by atoms with Gasteiger partial charge in [0.15, 0.2) is 5.43 Å². The zero-order valence-corrected chi connectivity index (χ0v) is 22.9. The van der Waals surface area contributed by atoms with Crippen molar-refractivity contribution in [1.29, 1.82) is 0 Å². The largest absolute Gasteiger partial charge is 0.370 e. The molecule has 1 saturated carbocycles. The quantitative estimate of drug-likeness (QED) is 0.291. The van der Waals surface area contributed by atoms with Gasteiger partial charge in [-0.1, -0.05) is 48.4 Å². The number of hydrogen-bond donors (Lipinski definition) is 2. The Morgan fingerprint density at radius 1 is 0.975 bits per heavy atom. The fraction of sp³-hybridized carbons (Fsp3) is 0.290. The number of benzene rings is 2. The third-order valence-corrected chi connectivity index (χ3v) is 8.95. The number of pyridine rings is 2. The lowest BCUT2D eigenvalue weighted by Gasteiger charge is -2.26. The van der Waals surface area contributed by atoms with E-state index in [-0.39, 0.29) is 11.0 Å². The van der Waals surface area contributed by atoms with Crippen molar-refractivity contribution in [3.05, 3.63) is 98.4 Å². The van der Waals surface area contributed by atoms with E-state index >= 15 is 0 Å². The molecule has 2 fully saturated rings. The molecule has 3 atom stereocenters. The van der Waals surface area contributed by atoms with E-state index in [1.54, 1.807) is 10.8 Å². The molecule has 2 aliphatic rings. The first kappa shape index (κ1) is 24.8. The molecule has 9 heteroatoms. The van der Waals surface area contributed by atoms with E-state index < -0.39 is 6.04 Å². The van der Waals surface area contributed by atoms with Crippen molar-refractivity contribution in [3.8, 4) is 5.69 Å². The second-order valence-electron chi connectivity index (χ2n) is 10.9. The minimum Gasteiger partial charge on any atom is -0.370 e. The van der Waals surface area contributed by atoms with Gasteiger partial charge in [0, 0.05) is 36.4 Å². The Hall–Kier alpha value is -4.17. The average molecular weight is 553 g/mol. The summed E-state index contributed by atoms with van der Waals surface area (Å²) in [5.41, 5.74) is 2.38.